The summed E-state index contributed by atoms with van der Waals surface area (Å²) in [5.41, 5.74) is 1.82. The molecule has 32 heteroatoms. The molecule has 7 rings (SSSR count). The zero-order valence-electron chi connectivity index (χ0n) is 52.8. The van der Waals surface area contributed by atoms with Gasteiger partial charge in [0.1, 0.15) is 48.3 Å². The summed E-state index contributed by atoms with van der Waals surface area (Å²) in [5.74, 6) is -13.4. The number of imide groups is 1. The van der Waals surface area contributed by atoms with Gasteiger partial charge in [-0.05, 0) is 54.5 Å². The maximum absolute atomic E-state index is 15.0. The van der Waals surface area contributed by atoms with Crippen LogP contribution in [-0.2, 0) is 80.1 Å². The molecule has 2 bridgehead atoms. The van der Waals surface area contributed by atoms with Gasteiger partial charge in [0, 0.05) is 85.7 Å². The number of hydrogen-bond acceptors (Lipinski definition) is 18. The molecule has 5 heterocycles. The number of carbonyl (C=O) groups is 14. The Bertz CT molecular complexity index is 3400. The number of H-pyrrole nitrogens is 1. The molecule has 2 aromatic carbocycles. The molecule has 94 heavy (non-hydrogen) atoms. The second-order valence-electron chi connectivity index (χ2n) is 24.0. The van der Waals surface area contributed by atoms with Crippen LogP contribution >= 0.6 is 11.8 Å². The molecule has 14 amide bonds. The van der Waals surface area contributed by atoms with Crippen molar-refractivity contribution >= 4 is 111 Å². The zero-order chi connectivity index (χ0) is 68.7. The number of thioether (sulfide) groups is 1. The normalized spacial score (nSPS) is 23.6. The molecule has 508 valence electrons. The van der Waals surface area contributed by atoms with Crippen molar-refractivity contribution in [2.75, 3.05) is 43.9 Å². The topological polar surface area (TPSA) is 454 Å². The molecule has 0 aliphatic carbocycles. The molecule has 4 aliphatic heterocycles. The lowest BCUT2D eigenvalue weighted by Crippen LogP contribution is -2.61. The Hall–Kier alpha value is -9.27. The number of aromatic nitrogens is 1. The van der Waals surface area contributed by atoms with Crippen molar-refractivity contribution in [2.24, 2.45) is 17.8 Å². The minimum absolute atomic E-state index is 0.0828. The van der Waals surface area contributed by atoms with E-state index in [-0.39, 0.29) is 31.7 Å². The molecule has 1 fully saturated rings. The van der Waals surface area contributed by atoms with Gasteiger partial charge in [-0.1, -0.05) is 71.4 Å². The highest BCUT2D eigenvalue weighted by molar-refractivity contribution is 7.99. The highest BCUT2D eigenvalue weighted by Gasteiger charge is 2.45. The molecule has 15 N–H and O–H groups in total. The van der Waals surface area contributed by atoms with E-state index in [4.69, 9.17) is 0 Å². The molecule has 0 radical (unpaired) electrons. The van der Waals surface area contributed by atoms with E-state index in [1.165, 1.54) is 26.0 Å². The van der Waals surface area contributed by atoms with E-state index < -0.39 is 207 Å². The second kappa shape index (κ2) is 33.0. The Morgan fingerprint density at radius 1 is 0.713 bits per heavy atom. The predicted octanol–water partition coefficient (Wildman–Crippen LogP) is -3.52. The lowest BCUT2D eigenvalue weighted by atomic mass is 9.93. The molecule has 1 saturated heterocycles. The van der Waals surface area contributed by atoms with Crippen LogP contribution in [0.4, 0.5) is 5.69 Å². The summed E-state index contributed by atoms with van der Waals surface area (Å²) in [4.78, 5) is 197. The molecule has 4 aliphatic rings. The summed E-state index contributed by atoms with van der Waals surface area (Å²) in [7, 11) is 0. The standard InChI is InChI=1S/C62H82N14O17S/c1-7-31(4)52-58(90)65-25-47(82)68-42-29-94-61-38(37-10-8-9-11-39(37)71-61)23-41(55(87)64-26-48(83)73-52)70-60(92)53(32(5)44(79)28-77)74-57(89)43-22-36(78)27-76(43)62(93)40(69-56(42)88)16-17-45(80)63-24-34-12-14-35(15-13-34)67-54(86)33(6)66-59(91)51(30(2)3)72-46(81)20-21-75-49(84)18-19-50(75)85/h8-15,18-19,30-33,36,40-44,51-53,71,77-79H,7,16-17,20-29H2,1-6H3,(H,63,80)(H,64,87)(H,65,90)(H,66,91)(H,67,86)(H,68,82)(H,69,88)(H,70,92)(H,72,81)(H,73,83)(H,74,89)/t31-,32-,33-,36+,40-,41-,42?,43-,44-,51?,52-,53?/m0/s1. The van der Waals surface area contributed by atoms with Crippen molar-refractivity contribution in [3.05, 3.63) is 71.8 Å². The van der Waals surface area contributed by atoms with Gasteiger partial charge >= 0.3 is 0 Å². The minimum atomic E-state index is -1.74. The fourth-order valence-corrected chi connectivity index (χ4v) is 12.0. The smallest absolute Gasteiger partial charge is 0.253 e. The number of nitrogens with one attached hydrogen (secondary N) is 12. The molecular weight excluding hydrogens is 1240 g/mol. The van der Waals surface area contributed by atoms with E-state index in [1.54, 1.807) is 64.1 Å². The van der Waals surface area contributed by atoms with Gasteiger partial charge in [0.25, 0.3) is 11.8 Å². The molecule has 31 nitrogen and oxygen atoms in total. The van der Waals surface area contributed by atoms with Gasteiger partial charge in [-0.3, -0.25) is 72.0 Å². The van der Waals surface area contributed by atoms with Crippen LogP contribution in [0.1, 0.15) is 84.8 Å². The Morgan fingerprint density at radius 2 is 1.38 bits per heavy atom. The first-order chi connectivity index (χ1) is 44.7. The van der Waals surface area contributed by atoms with E-state index in [2.05, 4.69) is 63.5 Å². The highest BCUT2D eigenvalue weighted by atomic mass is 32.2. The average molecular weight is 1330 g/mol. The number of nitrogens with zero attached hydrogens (tertiary/aromatic N) is 2. The molecule has 0 spiro atoms. The maximum Gasteiger partial charge on any atom is 0.253 e. The third kappa shape index (κ3) is 19.0. The largest absolute Gasteiger partial charge is 0.394 e. The highest BCUT2D eigenvalue weighted by Crippen LogP contribution is 2.32. The number of aliphatic hydroxyl groups excluding tert-OH is 3. The van der Waals surface area contributed by atoms with Crippen molar-refractivity contribution in [3.63, 3.8) is 0 Å². The number of aromatic amines is 1. The van der Waals surface area contributed by atoms with Crippen LogP contribution in [0, 0.1) is 17.8 Å². The summed E-state index contributed by atoms with van der Waals surface area (Å²) in [5, 5.41) is 61.8. The Balaban J connectivity index is 1.11. The molecule has 3 aromatic rings. The SMILES string of the molecule is CC[C@H](C)[C@@H]1NC(=O)CNC(=O)[C@@H]2Cc3c([nH]c4ccccc34)SCC(NC(=O)CNC1=O)C(=O)N[C@@H](CCC(=O)NCc1ccc(NC(=O)[C@H](C)NC(=O)C(NC(=O)CCN3C(=O)C=CC3=O)C(C)C)cc1)C(=O)N1C[C@H](O)C[C@H]1C(=O)NC([C@@H](C)[C@@H](O)CO)C(=O)N2. The lowest BCUT2D eigenvalue weighted by molar-refractivity contribution is -0.143. The summed E-state index contributed by atoms with van der Waals surface area (Å²) >= 11 is 1.01. The molecule has 1 aromatic heterocycles. The third-order valence-corrected chi connectivity index (χ3v) is 17.9. The van der Waals surface area contributed by atoms with E-state index in [1.807, 2.05) is 0 Å². The van der Waals surface area contributed by atoms with E-state index in [0.29, 0.717) is 39.2 Å². The number of amides is 14. The quantitative estimate of drug-likeness (QED) is 0.0517. The number of hydrogen-bond donors (Lipinski definition) is 15. The zero-order valence-corrected chi connectivity index (χ0v) is 53.6. The van der Waals surface area contributed by atoms with Gasteiger partial charge in [-0.2, -0.15) is 0 Å². The van der Waals surface area contributed by atoms with Gasteiger partial charge in [-0.15, -0.1) is 11.8 Å². The van der Waals surface area contributed by atoms with Gasteiger partial charge in [0.15, 0.2) is 0 Å². The fourth-order valence-electron chi connectivity index (χ4n) is 10.9. The number of carbonyl (C=O) groups excluding carboxylic acids is 14. The van der Waals surface area contributed by atoms with Crippen molar-refractivity contribution in [1.82, 2.24) is 68.0 Å². The third-order valence-electron chi connectivity index (χ3n) is 16.8. The first kappa shape index (κ1) is 72.2. The van der Waals surface area contributed by atoms with Crippen LogP contribution in [0.3, 0.4) is 0 Å². The first-order valence-electron chi connectivity index (χ1n) is 31.0. The van der Waals surface area contributed by atoms with Gasteiger partial charge in [-0.25, -0.2) is 0 Å². The van der Waals surface area contributed by atoms with Crippen LogP contribution in [0.15, 0.2) is 65.7 Å². The number of benzene rings is 2. The van der Waals surface area contributed by atoms with Crippen LogP contribution < -0.4 is 58.5 Å². The Morgan fingerprint density at radius 3 is 2.05 bits per heavy atom. The van der Waals surface area contributed by atoms with Gasteiger partial charge in [0.05, 0.1) is 36.9 Å². The van der Waals surface area contributed by atoms with Crippen LogP contribution in [-0.4, -0.2) is 212 Å². The number of rotatable bonds is 19. The summed E-state index contributed by atoms with van der Waals surface area (Å²) < 4.78 is 0. The molecule has 3 unspecified atom stereocenters. The summed E-state index contributed by atoms with van der Waals surface area (Å²) in [6.45, 7) is 6.57. The number of aliphatic hydroxyl groups is 3. The number of anilines is 1. The summed E-state index contributed by atoms with van der Waals surface area (Å²) in [6, 6.07) is 1.73. The minimum Gasteiger partial charge on any atom is -0.394 e. The van der Waals surface area contributed by atoms with Crippen LogP contribution in [0.25, 0.3) is 10.9 Å². The Labute approximate surface area is 545 Å². The van der Waals surface area contributed by atoms with Crippen molar-refractivity contribution < 1.29 is 82.4 Å². The number of para-hydroxylation sites is 1. The lowest BCUT2D eigenvalue weighted by Gasteiger charge is -2.33. The van der Waals surface area contributed by atoms with Gasteiger partial charge in [0.2, 0.25) is 70.9 Å². The van der Waals surface area contributed by atoms with Crippen molar-refractivity contribution in [1.29, 1.82) is 0 Å². The summed E-state index contributed by atoms with van der Waals surface area (Å²) in [6.07, 6.45) is -2.26. The van der Waals surface area contributed by atoms with E-state index >= 15 is 4.79 Å². The number of fused-ring (bicyclic) bond motifs is 5. The molecular formula is C62H82N14O17S. The molecule has 12 atom stereocenters. The predicted molar refractivity (Wildman–Crippen MR) is 337 cm³/mol. The van der Waals surface area contributed by atoms with E-state index in [0.717, 1.165) is 33.7 Å². The molecule has 0 saturated carbocycles. The fraction of sp³-hybridized carbons (Fsp3) is 0.516. The van der Waals surface area contributed by atoms with Crippen molar-refractivity contribution in [3.8, 4) is 0 Å². The maximum atomic E-state index is 15.0. The van der Waals surface area contributed by atoms with Crippen LogP contribution in [0.2, 0.25) is 0 Å². The second-order valence-corrected chi connectivity index (χ2v) is 25.1. The average Bonchev–Trinajstić information content (AvgIpc) is 1.64. The first-order valence-corrected chi connectivity index (χ1v) is 32.0. The monoisotopic (exact) mass is 1330 g/mol. The van der Waals surface area contributed by atoms with Gasteiger partial charge < -0.3 is 83.7 Å². The Kier molecular flexibility index (Phi) is 25.4. The van der Waals surface area contributed by atoms with E-state index in [9.17, 15) is 77.6 Å². The van der Waals surface area contributed by atoms with Crippen molar-refractivity contribution in [2.45, 2.75) is 152 Å². The van der Waals surface area contributed by atoms with Crippen LogP contribution in [0.5, 0.6) is 0 Å².